The number of amides is 1. The summed E-state index contributed by atoms with van der Waals surface area (Å²) in [5.74, 6) is -0.0561. The van der Waals surface area contributed by atoms with Gasteiger partial charge < -0.3 is 15.8 Å². The second kappa shape index (κ2) is 12.6. The Morgan fingerprint density at radius 3 is 2.19 bits per heavy atom. The third-order valence-corrected chi connectivity index (χ3v) is 5.57. The molecule has 152 valence electrons. The Hall–Kier alpha value is -1.77. The standard InChI is InChI=1S/C19H31N3O4S/c1-16(23)8-4-2-6-14-21-19(24)17-9-11-18(12-10-17)27(25,26)22-15-7-3-5-13-20/h9-12,22H,2-8,13-15,20H2,1H3,(H,21,24). The maximum absolute atomic E-state index is 12.2. The maximum Gasteiger partial charge on any atom is 0.251 e. The maximum atomic E-state index is 12.2. The number of hydrogen-bond acceptors (Lipinski definition) is 5. The SMILES string of the molecule is CC(=O)CCCCCNC(=O)c1ccc(S(=O)(=O)NCCCCCN)cc1. The van der Waals surface area contributed by atoms with Gasteiger partial charge in [-0.15, -0.1) is 0 Å². The average Bonchev–Trinajstić information content (AvgIpc) is 2.64. The van der Waals surface area contributed by atoms with E-state index in [4.69, 9.17) is 5.73 Å². The molecule has 0 aliphatic heterocycles. The number of carbonyl (C=O) groups is 2. The molecule has 0 unspecified atom stereocenters. The van der Waals surface area contributed by atoms with Gasteiger partial charge in [-0.25, -0.2) is 13.1 Å². The Labute approximate surface area is 162 Å². The Morgan fingerprint density at radius 1 is 0.926 bits per heavy atom. The number of benzene rings is 1. The average molecular weight is 398 g/mol. The zero-order chi connectivity index (χ0) is 20.1. The molecule has 4 N–H and O–H groups in total. The van der Waals surface area contributed by atoms with Crippen molar-refractivity contribution in [2.24, 2.45) is 5.73 Å². The highest BCUT2D eigenvalue weighted by atomic mass is 32.2. The number of Topliss-reactive ketones (excluding diaryl/α,β-unsaturated/α-hetero) is 1. The summed E-state index contributed by atoms with van der Waals surface area (Å²) in [6, 6.07) is 5.89. The lowest BCUT2D eigenvalue weighted by Crippen LogP contribution is -2.26. The van der Waals surface area contributed by atoms with Crippen molar-refractivity contribution in [2.75, 3.05) is 19.6 Å². The zero-order valence-corrected chi connectivity index (χ0v) is 16.8. The smallest absolute Gasteiger partial charge is 0.251 e. The van der Waals surface area contributed by atoms with Crippen LogP contribution in [0.5, 0.6) is 0 Å². The number of sulfonamides is 1. The number of carbonyl (C=O) groups excluding carboxylic acids is 2. The van der Waals surface area contributed by atoms with E-state index < -0.39 is 10.0 Å². The van der Waals surface area contributed by atoms with Gasteiger partial charge in [-0.1, -0.05) is 12.8 Å². The van der Waals surface area contributed by atoms with Crippen LogP contribution in [-0.4, -0.2) is 39.7 Å². The molecule has 0 radical (unpaired) electrons. The van der Waals surface area contributed by atoms with Gasteiger partial charge in [0.2, 0.25) is 10.0 Å². The van der Waals surface area contributed by atoms with Crippen LogP contribution in [0.25, 0.3) is 0 Å². The molecule has 1 rings (SSSR count). The monoisotopic (exact) mass is 397 g/mol. The van der Waals surface area contributed by atoms with E-state index in [1.807, 2.05) is 0 Å². The van der Waals surface area contributed by atoms with Gasteiger partial charge in [0.15, 0.2) is 0 Å². The first-order valence-electron chi connectivity index (χ1n) is 9.44. The fourth-order valence-corrected chi connectivity index (χ4v) is 3.58. The molecular formula is C19H31N3O4S. The highest BCUT2D eigenvalue weighted by molar-refractivity contribution is 7.89. The number of rotatable bonds is 14. The fourth-order valence-electron chi connectivity index (χ4n) is 2.50. The van der Waals surface area contributed by atoms with Crippen LogP contribution in [0.3, 0.4) is 0 Å². The predicted molar refractivity (Wildman–Crippen MR) is 106 cm³/mol. The number of hydrogen-bond donors (Lipinski definition) is 3. The second-order valence-corrected chi connectivity index (χ2v) is 8.31. The molecule has 0 bridgehead atoms. The fraction of sp³-hybridized carbons (Fsp3) is 0.579. The molecule has 0 aliphatic rings. The van der Waals surface area contributed by atoms with Crippen LogP contribution < -0.4 is 15.8 Å². The molecule has 0 heterocycles. The predicted octanol–water partition coefficient (Wildman–Crippen LogP) is 1.97. The van der Waals surface area contributed by atoms with Gasteiger partial charge >= 0.3 is 0 Å². The third-order valence-electron chi connectivity index (χ3n) is 4.09. The molecule has 0 saturated carbocycles. The van der Waals surface area contributed by atoms with E-state index in [-0.39, 0.29) is 16.6 Å². The molecule has 0 saturated heterocycles. The lowest BCUT2D eigenvalue weighted by atomic mass is 10.1. The number of nitrogens with two attached hydrogens (primary N) is 1. The first-order valence-corrected chi connectivity index (χ1v) is 10.9. The molecule has 0 atom stereocenters. The molecule has 8 heteroatoms. The van der Waals surface area contributed by atoms with Gasteiger partial charge in [-0.2, -0.15) is 0 Å². The summed E-state index contributed by atoms with van der Waals surface area (Å²) in [6.07, 6.45) is 5.59. The Balaban J connectivity index is 2.40. The van der Waals surface area contributed by atoms with Crippen LogP contribution in [0.15, 0.2) is 29.2 Å². The van der Waals surface area contributed by atoms with Crippen molar-refractivity contribution >= 4 is 21.7 Å². The van der Waals surface area contributed by atoms with E-state index in [9.17, 15) is 18.0 Å². The van der Waals surface area contributed by atoms with Crippen molar-refractivity contribution in [3.63, 3.8) is 0 Å². The van der Waals surface area contributed by atoms with E-state index in [1.165, 1.54) is 24.3 Å². The number of unbranched alkanes of at least 4 members (excludes halogenated alkanes) is 4. The van der Waals surface area contributed by atoms with Crippen LogP contribution in [0.1, 0.15) is 62.2 Å². The van der Waals surface area contributed by atoms with E-state index in [2.05, 4.69) is 10.0 Å². The van der Waals surface area contributed by atoms with Gasteiger partial charge in [0, 0.05) is 25.1 Å². The molecule has 0 fully saturated rings. The summed E-state index contributed by atoms with van der Waals surface area (Å²) in [7, 11) is -3.56. The minimum absolute atomic E-state index is 0.141. The van der Waals surface area contributed by atoms with Gasteiger partial charge in [-0.3, -0.25) is 4.79 Å². The van der Waals surface area contributed by atoms with E-state index in [1.54, 1.807) is 6.92 Å². The Kier molecular flexibility index (Phi) is 10.8. The van der Waals surface area contributed by atoms with E-state index >= 15 is 0 Å². The number of ketones is 1. The summed E-state index contributed by atoms with van der Waals surface area (Å²) in [6.45, 7) is 3.08. The zero-order valence-electron chi connectivity index (χ0n) is 16.0. The third kappa shape index (κ3) is 9.65. The minimum Gasteiger partial charge on any atom is -0.352 e. The summed E-state index contributed by atoms with van der Waals surface area (Å²) in [5, 5.41) is 2.80. The van der Waals surface area contributed by atoms with Crippen LogP contribution >= 0.6 is 0 Å². The van der Waals surface area contributed by atoms with Crippen molar-refractivity contribution in [2.45, 2.75) is 56.8 Å². The highest BCUT2D eigenvalue weighted by Crippen LogP contribution is 2.11. The quantitative estimate of drug-likeness (QED) is 0.415. The summed E-state index contributed by atoms with van der Waals surface area (Å²) in [5.41, 5.74) is 5.82. The van der Waals surface area contributed by atoms with Crippen molar-refractivity contribution in [1.29, 1.82) is 0 Å². The molecule has 0 aliphatic carbocycles. The van der Waals surface area contributed by atoms with Crippen LogP contribution in [-0.2, 0) is 14.8 Å². The van der Waals surface area contributed by atoms with E-state index in [0.29, 0.717) is 31.6 Å². The molecule has 1 aromatic rings. The molecule has 1 amide bonds. The molecule has 1 aromatic carbocycles. The van der Waals surface area contributed by atoms with Crippen molar-refractivity contribution < 1.29 is 18.0 Å². The summed E-state index contributed by atoms with van der Waals surface area (Å²) < 4.78 is 27.0. The first-order chi connectivity index (χ1) is 12.9. The van der Waals surface area contributed by atoms with Crippen LogP contribution in [0.2, 0.25) is 0 Å². The largest absolute Gasteiger partial charge is 0.352 e. The van der Waals surface area contributed by atoms with Crippen LogP contribution in [0.4, 0.5) is 0 Å². The Morgan fingerprint density at radius 2 is 1.56 bits per heavy atom. The van der Waals surface area contributed by atoms with Gasteiger partial charge in [0.05, 0.1) is 4.90 Å². The molecule has 7 nitrogen and oxygen atoms in total. The topological polar surface area (TPSA) is 118 Å². The first kappa shape index (κ1) is 23.3. The molecule has 27 heavy (non-hydrogen) atoms. The Bertz CT molecular complexity index is 687. The number of nitrogens with one attached hydrogen (secondary N) is 2. The van der Waals surface area contributed by atoms with Gasteiger partial charge in [0.25, 0.3) is 5.91 Å². The van der Waals surface area contributed by atoms with Crippen LogP contribution in [0, 0.1) is 0 Å². The van der Waals surface area contributed by atoms with Gasteiger partial charge in [-0.05, 0) is 63.4 Å². The molecule has 0 spiro atoms. The van der Waals surface area contributed by atoms with Crippen molar-refractivity contribution in [3.8, 4) is 0 Å². The normalized spacial score (nSPS) is 11.3. The minimum atomic E-state index is -3.56. The van der Waals surface area contributed by atoms with Crippen molar-refractivity contribution in [1.82, 2.24) is 10.0 Å². The lowest BCUT2D eigenvalue weighted by Gasteiger charge is -2.08. The summed E-state index contributed by atoms with van der Waals surface area (Å²) in [4.78, 5) is 23.1. The highest BCUT2D eigenvalue weighted by Gasteiger charge is 2.14. The van der Waals surface area contributed by atoms with E-state index in [0.717, 1.165) is 38.5 Å². The molecule has 0 aromatic heterocycles. The lowest BCUT2D eigenvalue weighted by molar-refractivity contribution is -0.117. The summed E-state index contributed by atoms with van der Waals surface area (Å²) >= 11 is 0. The van der Waals surface area contributed by atoms with Gasteiger partial charge in [0.1, 0.15) is 5.78 Å². The second-order valence-electron chi connectivity index (χ2n) is 6.54. The molecular weight excluding hydrogens is 366 g/mol. The van der Waals surface area contributed by atoms with Crippen molar-refractivity contribution in [3.05, 3.63) is 29.8 Å².